The zero-order chi connectivity index (χ0) is 13.1. The largest absolute Gasteiger partial charge is 0.386 e. The van der Waals surface area contributed by atoms with E-state index in [0.29, 0.717) is 16.6 Å². The molecule has 0 aliphatic rings. The van der Waals surface area contributed by atoms with Gasteiger partial charge in [0.25, 0.3) is 0 Å². The molecule has 0 spiro atoms. The Morgan fingerprint density at radius 1 is 1.33 bits per heavy atom. The van der Waals surface area contributed by atoms with E-state index in [4.69, 9.17) is 0 Å². The molecule has 1 heterocycles. The van der Waals surface area contributed by atoms with E-state index in [1.165, 1.54) is 6.07 Å². The highest BCUT2D eigenvalue weighted by molar-refractivity contribution is 9.10. The molecule has 4 heteroatoms. The van der Waals surface area contributed by atoms with Crippen LogP contribution in [-0.2, 0) is 6.42 Å². The number of aliphatic hydroxyl groups excluding tert-OH is 1. The zero-order valence-corrected chi connectivity index (χ0v) is 11.5. The molecule has 0 saturated carbocycles. The monoisotopic (exact) mass is 309 g/mol. The molecule has 0 fully saturated rings. The van der Waals surface area contributed by atoms with Gasteiger partial charge in [-0.2, -0.15) is 0 Å². The van der Waals surface area contributed by atoms with Crippen LogP contribution in [0.4, 0.5) is 4.39 Å². The Bertz CT molecular complexity index is 559. The number of pyridine rings is 1. The van der Waals surface area contributed by atoms with Gasteiger partial charge in [-0.3, -0.25) is 4.98 Å². The maximum atomic E-state index is 13.4. The standard InChI is InChI=1S/C14H13BrFNO/c1-9-4-3-7-17-14(9)12(18)8-10-5-2-6-11(16)13(10)15/h2-7,12,18H,8H2,1H3. The summed E-state index contributed by atoms with van der Waals surface area (Å²) in [5, 5.41) is 10.2. The van der Waals surface area contributed by atoms with Crippen molar-refractivity contribution in [2.45, 2.75) is 19.4 Å². The van der Waals surface area contributed by atoms with Crippen LogP contribution in [0.5, 0.6) is 0 Å². The summed E-state index contributed by atoms with van der Waals surface area (Å²) in [5.74, 6) is -0.322. The fourth-order valence-electron chi connectivity index (χ4n) is 1.86. The van der Waals surface area contributed by atoms with Crippen molar-refractivity contribution in [2.75, 3.05) is 0 Å². The van der Waals surface area contributed by atoms with Crippen LogP contribution >= 0.6 is 15.9 Å². The molecule has 94 valence electrons. The number of nitrogens with zero attached hydrogens (tertiary/aromatic N) is 1. The Labute approximate surface area is 114 Å². The quantitative estimate of drug-likeness (QED) is 0.940. The molecular weight excluding hydrogens is 297 g/mol. The highest BCUT2D eigenvalue weighted by Gasteiger charge is 2.15. The minimum Gasteiger partial charge on any atom is -0.386 e. The van der Waals surface area contributed by atoms with Crippen LogP contribution in [0.1, 0.15) is 22.9 Å². The van der Waals surface area contributed by atoms with E-state index >= 15 is 0 Å². The first-order valence-corrected chi connectivity index (χ1v) is 6.41. The lowest BCUT2D eigenvalue weighted by Crippen LogP contribution is -2.07. The third-order valence-electron chi connectivity index (χ3n) is 2.81. The smallest absolute Gasteiger partial charge is 0.137 e. The number of halogens is 2. The van der Waals surface area contributed by atoms with Crippen molar-refractivity contribution in [1.29, 1.82) is 0 Å². The van der Waals surface area contributed by atoms with Crippen LogP contribution in [0.2, 0.25) is 0 Å². The average molecular weight is 310 g/mol. The highest BCUT2D eigenvalue weighted by Crippen LogP contribution is 2.26. The number of hydrogen-bond acceptors (Lipinski definition) is 2. The second-order valence-corrected chi connectivity index (χ2v) is 4.93. The number of hydrogen-bond donors (Lipinski definition) is 1. The number of aryl methyl sites for hydroxylation is 1. The fourth-order valence-corrected chi connectivity index (χ4v) is 2.28. The van der Waals surface area contributed by atoms with Gasteiger partial charge in [0.15, 0.2) is 0 Å². The molecule has 0 aliphatic carbocycles. The van der Waals surface area contributed by atoms with E-state index in [-0.39, 0.29) is 5.82 Å². The summed E-state index contributed by atoms with van der Waals surface area (Å²) in [6.45, 7) is 1.90. The SMILES string of the molecule is Cc1cccnc1C(O)Cc1cccc(F)c1Br. The van der Waals surface area contributed by atoms with Crippen LogP contribution < -0.4 is 0 Å². The molecule has 0 aliphatic heterocycles. The van der Waals surface area contributed by atoms with E-state index < -0.39 is 6.10 Å². The van der Waals surface area contributed by atoms with E-state index in [9.17, 15) is 9.50 Å². The molecule has 1 aromatic heterocycles. The second-order valence-electron chi connectivity index (χ2n) is 4.14. The van der Waals surface area contributed by atoms with Crippen LogP contribution in [0.15, 0.2) is 41.0 Å². The molecule has 1 unspecified atom stereocenters. The number of rotatable bonds is 3. The van der Waals surface area contributed by atoms with Gasteiger partial charge in [-0.1, -0.05) is 18.2 Å². The Hall–Kier alpha value is -1.26. The van der Waals surface area contributed by atoms with Gasteiger partial charge in [0.05, 0.1) is 10.2 Å². The predicted molar refractivity (Wildman–Crippen MR) is 71.7 cm³/mol. The van der Waals surface area contributed by atoms with Gasteiger partial charge in [0.2, 0.25) is 0 Å². The average Bonchev–Trinajstić information content (AvgIpc) is 2.35. The third kappa shape index (κ3) is 2.76. The van der Waals surface area contributed by atoms with Crippen molar-refractivity contribution < 1.29 is 9.50 Å². The molecular formula is C14H13BrFNO. The molecule has 2 aromatic rings. The molecule has 1 N–H and O–H groups in total. The summed E-state index contributed by atoms with van der Waals surface area (Å²) in [5.41, 5.74) is 2.29. The van der Waals surface area contributed by atoms with E-state index in [0.717, 1.165) is 11.1 Å². The summed E-state index contributed by atoms with van der Waals surface area (Å²) in [6.07, 6.45) is 1.24. The maximum absolute atomic E-state index is 13.4. The Balaban J connectivity index is 2.24. The van der Waals surface area contributed by atoms with Crippen molar-refractivity contribution in [1.82, 2.24) is 4.98 Å². The Morgan fingerprint density at radius 3 is 2.83 bits per heavy atom. The van der Waals surface area contributed by atoms with Crippen molar-refractivity contribution in [3.63, 3.8) is 0 Å². The van der Waals surface area contributed by atoms with Gasteiger partial charge >= 0.3 is 0 Å². The number of benzene rings is 1. The number of aliphatic hydroxyl groups is 1. The summed E-state index contributed by atoms with van der Waals surface area (Å²) >= 11 is 3.19. The van der Waals surface area contributed by atoms with E-state index in [1.807, 2.05) is 19.1 Å². The van der Waals surface area contributed by atoms with Crippen molar-refractivity contribution in [3.8, 4) is 0 Å². The number of aromatic nitrogens is 1. The lowest BCUT2D eigenvalue weighted by Gasteiger charge is -2.13. The van der Waals surface area contributed by atoms with Gasteiger partial charge in [0, 0.05) is 12.6 Å². The van der Waals surface area contributed by atoms with E-state index in [2.05, 4.69) is 20.9 Å². The molecule has 18 heavy (non-hydrogen) atoms. The molecule has 0 radical (unpaired) electrons. The lowest BCUT2D eigenvalue weighted by molar-refractivity contribution is 0.172. The molecule has 0 bridgehead atoms. The molecule has 0 amide bonds. The van der Waals surface area contributed by atoms with Gasteiger partial charge in [0.1, 0.15) is 11.9 Å². The van der Waals surface area contributed by atoms with Gasteiger partial charge in [-0.05, 0) is 46.1 Å². The van der Waals surface area contributed by atoms with Crippen molar-refractivity contribution in [3.05, 3.63) is 63.6 Å². The third-order valence-corrected chi connectivity index (χ3v) is 3.70. The normalized spacial score (nSPS) is 12.4. The van der Waals surface area contributed by atoms with Crippen LogP contribution in [-0.4, -0.2) is 10.1 Å². The summed E-state index contributed by atoms with van der Waals surface area (Å²) in [4.78, 5) is 4.17. The van der Waals surface area contributed by atoms with Crippen LogP contribution in [0.25, 0.3) is 0 Å². The lowest BCUT2D eigenvalue weighted by atomic mass is 10.0. The first kappa shape index (κ1) is 13.2. The van der Waals surface area contributed by atoms with Gasteiger partial charge in [-0.15, -0.1) is 0 Å². The topological polar surface area (TPSA) is 33.1 Å². The Kier molecular flexibility index (Phi) is 4.09. The molecule has 1 atom stereocenters. The Morgan fingerprint density at radius 2 is 2.11 bits per heavy atom. The first-order valence-electron chi connectivity index (χ1n) is 5.62. The summed E-state index contributed by atoms with van der Waals surface area (Å²) < 4.78 is 13.8. The minimum atomic E-state index is -0.732. The summed E-state index contributed by atoms with van der Waals surface area (Å²) in [6, 6.07) is 8.52. The maximum Gasteiger partial charge on any atom is 0.137 e. The molecule has 2 rings (SSSR count). The van der Waals surface area contributed by atoms with Crippen molar-refractivity contribution >= 4 is 15.9 Å². The second kappa shape index (κ2) is 5.59. The highest BCUT2D eigenvalue weighted by atomic mass is 79.9. The summed E-state index contributed by atoms with van der Waals surface area (Å²) in [7, 11) is 0. The fraction of sp³-hybridized carbons (Fsp3) is 0.214. The van der Waals surface area contributed by atoms with Crippen LogP contribution in [0.3, 0.4) is 0 Å². The molecule has 1 aromatic carbocycles. The van der Waals surface area contributed by atoms with Crippen LogP contribution in [0, 0.1) is 12.7 Å². The molecule has 2 nitrogen and oxygen atoms in total. The van der Waals surface area contributed by atoms with E-state index in [1.54, 1.807) is 18.3 Å². The first-order chi connectivity index (χ1) is 8.59. The van der Waals surface area contributed by atoms with Gasteiger partial charge < -0.3 is 5.11 Å². The van der Waals surface area contributed by atoms with Gasteiger partial charge in [-0.25, -0.2) is 4.39 Å². The minimum absolute atomic E-state index is 0.322. The predicted octanol–water partition coefficient (Wildman–Crippen LogP) is 3.57. The zero-order valence-electron chi connectivity index (χ0n) is 9.90. The van der Waals surface area contributed by atoms with Crippen molar-refractivity contribution in [2.24, 2.45) is 0 Å². The molecule has 0 saturated heterocycles.